The van der Waals surface area contributed by atoms with Crippen molar-refractivity contribution in [3.8, 4) is 101 Å². The lowest BCUT2D eigenvalue weighted by atomic mass is 9.82. The van der Waals surface area contributed by atoms with Crippen molar-refractivity contribution in [2.45, 2.75) is 64.0 Å². The SMILES string of the molecule is CC(C)Nc1nc(-c2cccc(-c3cnn(C)c3)c2)ncc1-c1cnn(C)c1.Cn1cc(-c2cccc(-c3ncc(-c4cnn(C)c4)c(N4CCC(CO)C4)n3)c2)cn1.Cn1cc(-c2cccc(-c3ncc(-c4cnn(C)c4)c(NCC4(NS(C)(=O)=O)CCCCC4)n3)c2)cn1. The van der Waals surface area contributed by atoms with Gasteiger partial charge in [0.2, 0.25) is 10.0 Å². The number of nitrogens with one attached hydrogen (secondary N) is 3. The molecule has 0 spiro atoms. The molecule has 96 heavy (non-hydrogen) atoms. The van der Waals surface area contributed by atoms with Gasteiger partial charge in [0.05, 0.1) is 49.0 Å². The number of hydrogen-bond donors (Lipinski definition) is 4. The Bertz CT molecular complexity index is 4760. The molecule has 2 aliphatic rings. The second kappa shape index (κ2) is 28.6. The number of aliphatic hydroxyl groups is 1. The molecule has 494 valence electrons. The molecule has 1 aliphatic carbocycles. The van der Waals surface area contributed by atoms with E-state index in [1.807, 2.05) is 171 Å². The summed E-state index contributed by atoms with van der Waals surface area (Å²) in [5.41, 5.74) is 14.1. The third kappa shape index (κ3) is 15.8. The predicted octanol–water partition coefficient (Wildman–Crippen LogP) is 10.1. The van der Waals surface area contributed by atoms with E-state index in [1.54, 1.807) is 40.5 Å². The van der Waals surface area contributed by atoms with E-state index in [0.717, 1.165) is 147 Å². The van der Waals surface area contributed by atoms with Gasteiger partial charge < -0.3 is 20.6 Å². The number of aromatic nitrogens is 18. The van der Waals surface area contributed by atoms with Crippen LogP contribution in [0.15, 0.2) is 166 Å². The third-order valence-electron chi connectivity index (χ3n) is 16.9. The zero-order valence-corrected chi connectivity index (χ0v) is 56.3. The first-order valence-corrected chi connectivity index (χ1v) is 33.9. The molecule has 3 aromatic carbocycles. The fourth-order valence-electron chi connectivity index (χ4n) is 12.2. The van der Waals surface area contributed by atoms with Gasteiger partial charge in [-0.05, 0) is 68.0 Å². The molecule has 0 bridgehead atoms. The first-order chi connectivity index (χ1) is 46.3. The van der Waals surface area contributed by atoms with Crippen LogP contribution in [0, 0.1) is 5.92 Å². The van der Waals surface area contributed by atoms with Gasteiger partial charge in [-0.25, -0.2) is 43.0 Å². The van der Waals surface area contributed by atoms with Gasteiger partial charge in [-0.3, -0.25) is 28.1 Å². The van der Waals surface area contributed by atoms with Crippen molar-refractivity contribution < 1.29 is 13.5 Å². The first-order valence-electron chi connectivity index (χ1n) is 32.0. The number of benzene rings is 3. The molecule has 25 nitrogen and oxygen atoms in total. The topological polar surface area (TPSA) is 278 Å². The Morgan fingerprint density at radius 2 is 0.885 bits per heavy atom. The summed E-state index contributed by atoms with van der Waals surface area (Å²) < 4.78 is 38.0. The van der Waals surface area contributed by atoms with Crippen molar-refractivity contribution in [3.63, 3.8) is 0 Å². The van der Waals surface area contributed by atoms with Crippen LogP contribution in [0.2, 0.25) is 0 Å². The second-order valence-corrected chi connectivity index (χ2v) is 26.9. The molecule has 1 saturated heterocycles. The molecule has 1 unspecified atom stereocenters. The number of aryl methyl sites for hydroxylation is 6. The Balaban J connectivity index is 0.000000139. The molecule has 1 atom stereocenters. The molecule has 2 fully saturated rings. The van der Waals surface area contributed by atoms with Crippen molar-refractivity contribution in [2.75, 3.05) is 48.0 Å². The van der Waals surface area contributed by atoms with Crippen LogP contribution < -0.4 is 20.3 Å². The van der Waals surface area contributed by atoms with Crippen molar-refractivity contribution in [2.24, 2.45) is 48.2 Å². The van der Waals surface area contributed by atoms with E-state index in [4.69, 9.17) is 19.9 Å². The average Bonchev–Trinajstić information content (AvgIpc) is 1.34. The van der Waals surface area contributed by atoms with E-state index < -0.39 is 15.6 Å². The van der Waals surface area contributed by atoms with Crippen LogP contribution in [0.3, 0.4) is 0 Å². The van der Waals surface area contributed by atoms with E-state index in [2.05, 4.69) is 98.9 Å². The number of rotatable bonds is 18. The summed E-state index contributed by atoms with van der Waals surface area (Å²) in [5.74, 6) is 4.55. The number of anilines is 3. The molecule has 26 heteroatoms. The van der Waals surface area contributed by atoms with Crippen molar-refractivity contribution in [3.05, 3.63) is 166 Å². The van der Waals surface area contributed by atoms with Gasteiger partial charge in [0.15, 0.2) is 17.5 Å². The highest BCUT2D eigenvalue weighted by Gasteiger charge is 2.35. The normalized spacial score (nSPS) is 14.5. The largest absolute Gasteiger partial charge is 0.396 e. The Morgan fingerprint density at radius 1 is 0.500 bits per heavy atom. The van der Waals surface area contributed by atoms with E-state index in [-0.39, 0.29) is 18.6 Å². The molecule has 10 heterocycles. The molecular formula is C70H80N22O3S. The lowest BCUT2D eigenvalue weighted by Crippen LogP contribution is -2.53. The lowest BCUT2D eigenvalue weighted by Gasteiger charge is -2.37. The first kappa shape index (κ1) is 65.5. The van der Waals surface area contributed by atoms with E-state index in [1.165, 1.54) is 6.26 Å². The average molecular weight is 1310 g/mol. The number of aliphatic hydroxyl groups excluding tert-OH is 1. The highest BCUT2D eigenvalue weighted by Crippen LogP contribution is 2.37. The summed E-state index contributed by atoms with van der Waals surface area (Å²) in [5, 5.41) is 42.2. The molecule has 0 amide bonds. The van der Waals surface area contributed by atoms with E-state index in [0.29, 0.717) is 29.8 Å². The minimum absolute atomic E-state index is 0.198. The van der Waals surface area contributed by atoms with Crippen LogP contribution >= 0.6 is 0 Å². The summed E-state index contributed by atoms with van der Waals surface area (Å²) in [6.07, 6.45) is 35.2. The summed E-state index contributed by atoms with van der Waals surface area (Å²) in [7, 11) is 8.02. The Hall–Kier alpha value is -10.6. The standard InChI is InChI=1S/C26H32N8O2S.C23H25N7O.C21H23N7/c1-33-16-21(13-29-33)19-8-7-9-20(12-19)24-27-15-23(22-14-30-34(2)17-22)25(31-24)28-18-26(32-37(3,35)36)10-5-4-6-11-26;1-28-13-19(9-25-28)17-4-3-5-18(8-17)22-24-11-21(20-10-26-29(2)14-20)23(27-22)30-7-6-16(12-30)15-31;1-14(2)25-21-19(18-10-24-28(4)13-18)11-22-20(26-21)16-7-5-6-15(8-16)17-9-23-27(3)12-17/h7-9,12-17,32H,4-6,10-11,18H2,1-3H3,(H,27,28,31);3-5,8-11,13-14,16,31H,6-7,12,15H2,1-2H3;5-14H,1-4H3,(H,22,25,26). The Morgan fingerprint density at radius 3 is 1.28 bits per heavy atom. The minimum atomic E-state index is -3.37. The van der Waals surface area contributed by atoms with Crippen LogP contribution in [0.5, 0.6) is 0 Å². The van der Waals surface area contributed by atoms with Gasteiger partial charge >= 0.3 is 0 Å². The summed E-state index contributed by atoms with van der Waals surface area (Å²) in [4.78, 5) is 31.0. The minimum Gasteiger partial charge on any atom is -0.396 e. The molecular weight excluding hydrogens is 1230 g/mol. The zero-order valence-electron chi connectivity index (χ0n) is 55.5. The van der Waals surface area contributed by atoms with Gasteiger partial charge in [-0.1, -0.05) is 73.9 Å². The summed E-state index contributed by atoms with van der Waals surface area (Å²) in [6.45, 7) is 6.47. The predicted molar refractivity (Wildman–Crippen MR) is 374 cm³/mol. The molecule has 12 aromatic rings. The smallest absolute Gasteiger partial charge is 0.209 e. The number of nitrogens with zero attached hydrogens (tertiary/aromatic N) is 19. The fourth-order valence-corrected chi connectivity index (χ4v) is 13.3. The quantitative estimate of drug-likeness (QED) is 0.0621. The molecule has 1 saturated carbocycles. The van der Waals surface area contributed by atoms with E-state index >= 15 is 0 Å². The lowest BCUT2D eigenvalue weighted by molar-refractivity contribution is 0.238. The van der Waals surface area contributed by atoms with Crippen molar-refractivity contribution in [1.29, 1.82) is 0 Å². The van der Waals surface area contributed by atoms with Gasteiger partial charge in [0.1, 0.15) is 17.5 Å². The van der Waals surface area contributed by atoms with Crippen LogP contribution in [0.1, 0.15) is 52.4 Å². The maximum Gasteiger partial charge on any atom is 0.209 e. The third-order valence-corrected chi connectivity index (χ3v) is 17.8. The maximum atomic E-state index is 12.2. The van der Waals surface area contributed by atoms with Crippen LogP contribution in [-0.4, -0.2) is 146 Å². The van der Waals surface area contributed by atoms with Crippen LogP contribution in [0.4, 0.5) is 17.5 Å². The molecule has 4 N–H and O–H groups in total. The highest BCUT2D eigenvalue weighted by molar-refractivity contribution is 7.88. The molecule has 0 radical (unpaired) electrons. The highest BCUT2D eigenvalue weighted by atomic mass is 32.2. The zero-order chi connectivity index (χ0) is 67.1. The molecule has 9 aromatic heterocycles. The summed E-state index contributed by atoms with van der Waals surface area (Å²) >= 11 is 0. The van der Waals surface area contributed by atoms with Crippen LogP contribution in [0.25, 0.3) is 101 Å². The number of hydrogen-bond acceptors (Lipinski definition) is 18. The van der Waals surface area contributed by atoms with Gasteiger partial charge in [-0.2, -0.15) is 30.6 Å². The van der Waals surface area contributed by atoms with Crippen molar-refractivity contribution in [1.82, 2.24) is 93.3 Å². The Kier molecular flexibility index (Phi) is 19.5. The molecule has 14 rings (SSSR count). The van der Waals surface area contributed by atoms with Crippen LogP contribution in [-0.2, 0) is 52.3 Å². The number of sulfonamides is 1. The van der Waals surface area contributed by atoms with E-state index in [9.17, 15) is 13.5 Å². The fraction of sp³-hybridized carbons (Fsp3) is 0.314. The van der Waals surface area contributed by atoms with Gasteiger partial charge in [0, 0.05) is 203 Å². The Labute approximate surface area is 558 Å². The summed E-state index contributed by atoms with van der Waals surface area (Å²) in [6, 6.07) is 24.7. The second-order valence-electron chi connectivity index (χ2n) is 25.2. The molecule has 1 aliphatic heterocycles. The monoisotopic (exact) mass is 1310 g/mol. The maximum absolute atomic E-state index is 12.2. The van der Waals surface area contributed by atoms with Gasteiger partial charge in [-0.15, -0.1) is 0 Å². The van der Waals surface area contributed by atoms with Gasteiger partial charge in [0.25, 0.3) is 0 Å². The van der Waals surface area contributed by atoms with Crippen molar-refractivity contribution >= 4 is 27.5 Å².